The first-order chi connectivity index (χ1) is 8.88. The molecule has 108 valence electrons. The Kier molecular flexibility index (Phi) is 6.24. The van der Waals surface area contributed by atoms with Gasteiger partial charge in [0.15, 0.2) is 0 Å². The van der Waals surface area contributed by atoms with Crippen LogP contribution in [0.4, 0.5) is 17.6 Å². The molecule has 0 amide bonds. The highest BCUT2D eigenvalue weighted by atomic mass is 19.4. The van der Waals surface area contributed by atoms with Gasteiger partial charge in [-0.1, -0.05) is 12.1 Å². The molecular weight excluding hydrogens is 262 g/mol. The number of benzene rings is 1. The van der Waals surface area contributed by atoms with Crippen molar-refractivity contribution >= 4 is 0 Å². The van der Waals surface area contributed by atoms with Gasteiger partial charge in [0.05, 0.1) is 0 Å². The van der Waals surface area contributed by atoms with E-state index in [0.717, 1.165) is 5.56 Å². The van der Waals surface area contributed by atoms with Crippen molar-refractivity contribution in [2.45, 2.75) is 25.6 Å². The zero-order chi connectivity index (χ0) is 14.3. The van der Waals surface area contributed by atoms with Crippen molar-refractivity contribution in [1.29, 1.82) is 0 Å². The lowest BCUT2D eigenvalue weighted by molar-refractivity contribution is -0.173. The Bertz CT molecular complexity index is 364. The van der Waals surface area contributed by atoms with Gasteiger partial charge in [0.1, 0.15) is 12.4 Å². The normalized spacial score (nSPS) is 13.5. The van der Waals surface area contributed by atoms with E-state index in [1.165, 1.54) is 12.1 Å². The highest BCUT2D eigenvalue weighted by Crippen LogP contribution is 2.15. The zero-order valence-electron chi connectivity index (χ0n) is 10.6. The average Bonchev–Trinajstić information content (AvgIpc) is 2.33. The van der Waals surface area contributed by atoms with E-state index < -0.39 is 12.8 Å². The number of ether oxygens (including phenoxy) is 1. The van der Waals surface area contributed by atoms with E-state index in [0.29, 0.717) is 13.0 Å². The van der Waals surface area contributed by atoms with Crippen molar-refractivity contribution in [3.05, 3.63) is 35.6 Å². The highest BCUT2D eigenvalue weighted by molar-refractivity contribution is 5.19. The third-order valence-electron chi connectivity index (χ3n) is 2.55. The van der Waals surface area contributed by atoms with Gasteiger partial charge in [-0.25, -0.2) is 4.39 Å². The van der Waals surface area contributed by atoms with Gasteiger partial charge in [0.25, 0.3) is 0 Å². The van der Waals surface area contributed by atoms with Crippen LogP contribution in [0.5, 0.6) is 0 Å². The lowest BCUT2D eigenvalue weighted by Crippen LogP contribution is -2.22. The molecule has 0 aliphatic rings. The molecule has 0 saturated heterocycles. The minimum absolute atomic E-state index is 0.0169. The molecule has 1 atom stereocenters. The Morgan fingerprint density at radius 2 is 1.84 bits per heavy atom. The van der Waals surface area contributed by atoms with Crippen LogP contribution in [0.1, 0.15) is 24.9 Å². The predicted octanol–water partition coefficient (Wildman–Crippen LogP) is 3.45. The summed E-state index contributed by atoms with van der Waals surface area (Å²) in [6.07, 6.45) is -3.78. The smallest absolute Gasteiger partial charge is 0.372 e. The maximum Gasteiger partial charge on any atom is 0.411 e. The lowest BCUT2D eigenvalue weighted by atomic mass is 10.1. The summed E-state index contributed by atoms with van der Waals surface area (Å²) in [5, 5.41) is 3.13. The average molecular weight is 279 g/mol. The van der Waals surface area contributed by atoms with Crippen LogP contribution in [-0.4, -0.2) is 25.9 Å². The van der Waals surface area contributed by atoms with Crippen molar-refractivity contribution in [3.8, 4) is 0 Å². The second-order valence-electron chi connectivity index (χ2n) is 4.25. The zero-order valence-corrected chi connectivity index (χ0v) is 10.6. The van der Waals surface area contributed by atoms with Gasteiger partial charge in [-0.3, -0.25) is 0 Å². The van der Waals surface area contributed by atoms with Gasteiger partial charge >= 0.3 is 6.18 Å². The molecule has 0 spiro atoms. The third-order valence-corrected chi connectivity index (χ3v) is 2.55. The first kappa shape index (κ1) is 15.9. The van der Waals surface area contributed by atoms with E-state index in [-0.39, 0.29) is 18.5 Å². The van der Waals surface area contributed by atoms with Gasteiger partial charge in [-0.2, -0.15) is 13.2 Å². The fourth-order valence-corrected chi connectivity index (χ4v) is 1.55. The third kappa shape index (κ3) is 7.12. The fraction of sp³-hybridized carbons (Fsp3) is 0.538. The van der Waals surface area contributed by atoms with E-state index in [9.17, 15) is 17.6 Å². The molecule has 19 heavy (non-hydrogen) atoms. The Morgan fingerprint density at radius 3 is 2.42 bits per heavy atom. The number of halogens is 4. The molecule has 0 aliphatic carbocycles. The van der Waals surface area contributed by atoms with E-state index >= 15 is 0 Å². The Morgan fingerprint density at radius 1 is 1.21 bits per heavy atom. The summed E-state index contributed by atoms with van der Waals surface area (Å²) in [6.45, 7) is 1.30. The van der Waals surface area contributed by atoms with Crippen molar-refractivity contribution in [1.82, 2.24) is 5.32 Å². The topological polar surface area (TPSA) is 21.3 Å². The molecule has 1 aromatic carbocycles. The van der Waals surface area contributed by atoms with Crippen LogP contribution in [0.15, 0.2) is 24.3 Å². The molecule has 0 radical (unpaired) electrons. The summed E-state index contributed by atoms with van der Waals surface area (Å²) in [7, 11) is 0. The van der Waals surface area contributed by atoms with E-state index in [2.05, 4.69) is 10.1 Å². The van der Waals surface area contributed by atoms with Gasteiger partial charge in [0.2, 0.25) is 0 Å². The Balaban J connectivity index is 2.14. The molecule has 0 fully saturated rings. The summed E-state index contributed by atoms with van der Waals surface area (Å²) in [5.41, 5.74) is 0.928. The summed E-state index contributed by atoms with van der Waals surface area (Å²) in [5.74, 6) is -0.295. The summed E-state index contributed by atoms with van der Waals surface area (Å²) in [4.78, 5) is 0. The number of hydrogen-bond acceptors (Lipinski definition) is 2. The van der Waals surface area contributed by atoms with E-state index in [4.69, 9.17) is 0 Å². The van der Waals surface area contributed by atoms with E-state index in [1.54, 1.807) is 12.1 Å². The van der Waals surface area contributed by atoms with Crippen molar-refractivity contribution in [3.63, 3.8) is 0 Å². The molecule has 2 nitrogen and oxygen atoms in total. The molecule has 1 aromatic rings. The van der Waals surface area contributed by atoms with Crippen LogP contribution < -0.4 is 5.32 Å². The van der Waals surface area contributed by atoms with Crippen LogP contribution in [0.25, 0.3) is 0 Å². The Hall–Kier alpha value is -1.14. The van der Waals surface area contributed by atoms with Crippen LogP contribution >= 0.6 is 0 Å². The quantitative estimate of drug-likeness (QED) is 0.610. The molecule has 0 saturated carbocycles. The van der Waals surface area contributed by atoms with Crippen molar-refractivity contribution in [2.75, 3.05) is 19.8 Å². The predicted molar refractivity (Wildman–Crippen MR) is 64.3 cm³/mol. The second-order valence-corrected chi connectivity index (χ2v) is 4.25. The van der Waals surface area contributed by atoms with Crippen LogP contribution in [-0.2, 0) is 4.74 Å². The van der Waals surface area contributed by atoms with Crippen LogP contribution in [0.3, 0.4) is 0 Å². The van der Waals surface area contributed by atoms with Crippen LogP contribution in [0.2, 0.25) is 0 Å². The minimum Gasteiger partial charge on any atom is -0.372 e. The van der Waals surface area contributed by atoms with Gasteiger partial charge in [0, 0.05) is 12.6 Å². The monoisotopic (exact) mass is 279 g/mol. The summed E-state index contributed by atoms with van der Waals surface area (Å²) >= 11 is 0. The molecule has 1 N–H and O–H groups in total. The number of hydrogen-bond donors (Lipinski definition) is 1. The highest BCUT2D eigenvalue weighted by Gasteiger charge is 2.27. The molecule has 0 aliphatic heterocycles. The van der Waals surface area contributed by atoms with Gasteiger partial charge < -0.3 is 10.1 Å². The maximum atomic E-state index is 12.7. The van der Waals surface area contributed by atoms with Gasteiger partial charge in [-0.05, 0) is 37.6 Å². The molecule has 1 rings (SSSR count). The Labute approximate surface area is 109 Å². The molecule has 0 bridgehead atoms. The van der Waals surface area contributed by atoms with Crippen LogP contribution in [0, 0.1) is 5.82 Å². The second kappa shape index (κ2) is 7.45. The number of rotatable bonds is 7. The molecular formula is C13H17F4NO. The van der Waals surface area contributed by atoms with Crippen molar-refractivity contribution < 1.29 is 22.3 Å². The first-order valence-corrected chi connectivity index (χ1v) is 6.02. The standard InChI is InChI=1S/C13H17F4NO/c1-10(11-3-5-12(14)6-4-11)18-7-2-8-19-9-13(15,16)17/h3-6,10,18H,2,7-9H2,1H3/t10-/m1/s1. The number of alkyl halides is 3. The first-order valence-electron chi connectivity index (χ1n) is 6.02. The summed E-state index contributed by atoms with van der Waals surface area (Å²) < 4.78 is 52.5. The minimum atomic E-state index is -4.27. The molecule has 6 heteroatoms. The van der Waals surface area contributed by atoms with Crippen molar-refractivity contribution in [2.24, 2.45) is 0 Å². The molecule has 0 unspecified atom stereocenters. The molecule has 0 heterocycles. The SMILES string of the molecule is C[C@@H](NCCCOCC(F)(F)F)c1ccc(F)cc1. The summed E-state index contributed by atoms with van der Waals surface area (Å²) in [6, 6.07) is 6.11. The van der Waals surface area contributed by atoms with Gasteiger partial charge in [-0.15, -0.1) is 0 Å². The molecule has 0 aromatic heterocycles. The maximum absolute atomic E-state index is 12.7. The fourth-order valence-electron chi connectivity index (χ4n) is 1.55. The lowest BCUT2D eigenvalue weighted by Gasteiger charge is -2.14. The largest absolute Gasteiger partial charge is 0.411 e. The number of nitrogens with one attached hydrogen (secondary N) is 1. The van der Waals surface area contributed by atoms with E-state index in [1.807, 2.05) is 6.92 Å².